The van der Waals surface area contributed by atoms with Crippen molar-refractivity contribution in [2.24, 2.45) is 0 Å². The molecule has 0 atom stereocenters. The first-order valence-electron chi connectivity index (χ1n) is 12.4. The van der Waals surface area contributed by atoms with E-state index in [0.29, 0.717) is 31.7 Å². The van der Waals surface area contributed by atoms with Crippen LogP contribution in [0.5, 0.6) is 5.75 Å². The molecule has 0 bridgehead atoms. The van der Waals surface area contributed by atoms with Crippen LogP contribution < -0.4 is 15.2 Å². The van der Waals surface area contributed by atoms with E-state index in [2.05, 4.69) is 0 Å². The second-order valence-corrected chi connectivity index (χ2v) is 8.82. The average Bonchev–Trinajstić information content (AvgIpc) is 2.94. The van der Waals surface area contributed by atoms with Gasteiger partial charge in [-0.05, 0) is 60.5 Å². The second-order valence-electron chi connectivity index (χ2n) is 8.82. The largest absolute Gasteiger partial charge is 0.494 e. The van der Waals surface area contributed by atoms with Gasteiger partial charge in [0.2, 0.25) is 5.91 Å². The summed E-state index contributed by atoms with van der Waals surface area (Å²) >= 11 is 0. The first-order chi connectivity index (χ1) is 18.2. The molecule has 5 rings (SSSR count). The molecule has 1 aromatic heterocycles. The van der Waals surface area contributed by atoms with Crippen LogP contribution in [0.1, 0.15) is 18.4 Å². The van der Waals surface area contributed by atoms with E-state index in [4.69, 9.17) is 4.74 Å². The molecule has 0 saturated heterocycles. The molecule has 1 heterocycles. The van der Waals surface area contributed by atoms with E-state index >= 15 is 0 Å². The zero-order valence-electron chi connectivity index (χ0n) is 20.5. The first kappa shape index (κ1) is 24.1. The molecule has 0 aliphatic heterocycles. The summed E-state index contributed by atoms with van der Waals surface area (Å²) in [6.07, 6.45) is 0.939. The summed E-state index contributed by atoms with van der Waals surface area (Å²) in [6, 6.07) is 38.5. The number of nitrogens with zero attached hydrogens (tertiary/aromatic N) is 2. The van der Waals surface area contributed by atoms with Gasteiger partial charge in [-0.25, -0.2) is 0 Å². The van der Waals surface area contributed by atoms with Crippen LogP contribution in [0.2, 0.25) is 0 Å². The van der Waals surface area contributed by atoms with E-state index in [0.717, 1.165) is 27.8 Å². The fourth-order valence-corrected chi connectivity index (χ4v) is 4.42. The van der Waals surface area contributed by atoms with E-state index in [1.54, 1.807) is 15.5 Å². The summed E-state index contributed by atoms with van der Waals surface area (Å²) in [5.41, 5.74) is 3.58. The van der Waals surface area contributed by atoms with Gasteiger partial charge < -0.3 is 9.30 Å². The Bertz CT molecular complexity index is 1490. The number of pyridine rings is 1. The minimum atomic E-state index is -0.0371. The lowest BCUT2D eigenvalue weighted by Crippen LogP contribution is -2.26. The monoisotopic (exact) mass is 488 g/mol. The van der Waals surface area contributed by atoms with E-state index in [1.807, 2.05) is 115 Å². The predicted octanol–water partition coefficient (Wildman–Crippen LogP) is 6.57. The molecule has 0 unspecified atom stereocenters. The molecule has 5 heteroatoms. The summed E-state index contributed by atoms with van der Waals surface area (Å²) in [6.45, 7) is 0.928. The van der Waals surface area contributed by atoms with Crippen LogP contribution in [0.3, 0.4) is 0 Å². The predicted molar refractivity (Wildman–Crippen MR) is 149 cm³/mol. The van der Waals surface area contributed by atoms with Crippen molar-refractivity contribution < 1.29 is 9.53 Å². The number of anilines is 2. The first-order valence-corrected chi connectivity index (χ1v) is 12.4. The van der Waals surface area contributed by atoms with E-state index < -0.39 is 0 Å². The van der Waals surface area contributed by atoms with Gasteiger partial charge in [0, 0.05) is 29.2 Å². The number of rotatable bonds is 9. The molecule has 5 aromatic rings. The average molecular weight is 489 g/mol. The molecule has 4 aromatic carbocycles. The Hall–Kier alpha value is -4.64. The lowest BCUT2D eigenvalue weighted by atomic mass is 10.1. The molecule has 0 fully saturated rings. The second kappa shape index (κ2) is 11.4. The van der Waals surface area contributed by atoms with Crippen molar-refractivity contribution in [1.29, 1.82) is 0 Å². The van der Waals surface area contributed by atoms with Gasteiger partial charge in [-0.2, -0.15) is 0 Å². The molecular formula is C32H28N2O3. The third-order valence-electron chi connectivity index (χ3n) is 6.23. The summed E-state index contributed by atoms with van der Waals surface area (Å²) in [7, 11) is 0. The zero-order chi connectivity index (χ0) is 25.5. The van der Waals surface area contributed by atoms with E-state index in [-0.39, 0.29) is 11.5 Å². The molecule has 1 amide bonds. The van der Waals surface area contributed by atoms with E-state index in [1.165, 1.54) is 0 Å². The highest BCUT2D eigenvalue weighted by Gasteiger charge is 2.17. The summed E-state index contributed by atoms with van der Waals surface area (Å²) < 4.78 is 7.76. The topological polar surface area (TPSA) is 51.5 Å². The molecule has 0 spiro atoms. The Labute approximate surface area is 216 Å². The summed E-state index contributed by atoms with van der Waals surface area (Å²) in [5, 5.41) is 0.934. The number of carbonyl (C=O) groups is 1. The highest BCUT2D eigenvalue weighted by molar-refractivity contribution is 6.00. The molecular weight excluding hydrogens is 460 g/mol. The van der Waals surface area contributed by atoms with Crippen molar-refractivity contribution in [2.45, 2.75) is 19.4 Å². The number of para-hydroxylation sites is 2. The quantitative estimate of drug-likeness (QED) is 0.220. The van der Waals surface area contributed by atoms with Crippen molar-refractivity contribution in [3.05, 3.63) is 137 Å². The number of hydrogen-bond acceptors (Lipinski definition) is 3. The molecule has 0 aliphatic carbocycles. The maximum Gasteiger partial charge on any atom is 0.251 e. The third-order valence-corrected chi connectivity index (χ3v) is 6.23. The minimum Gasteiger partial charge on any atom is -0.494 e. The molecule has 5 nitrogen and oxygen atoms in total. The number of ether oxygens (including phenoxy) is 1. The number of amides is 1. The van der Waals surface area contributed by atoms with Crippen molar-refractivity contribution >= 4 is 28.2 Å². The Kier molecular flexibility index (Phi) is 7.42. The third kappa shape index (κ3) is 5.78. The van der Waals surface area contributed by atoms with Gasteiger partial charge in [-0.1, -0.05) is 66.7 Å². The minimum absolute atomic E-state index is 0.0180. The van der Waals surface area contributed by atoms with Gasteiger partial charge in [0.05, 0.1) is 18.7 Å². The Morgan fingerprint density at radius 2 is 1.35 bits per heavy atom. The Morgan fingerprint density at radius 3 is 2.00 bits per heavy atom. The van der Waals surface area contributed by atoms with Crippen LogP contribution in [0.4, 0.5) is 11.4 Å². The number of hydrogen-bond donors (Lipinski definition) is 0. The molecule has 37 heavy (non-hydrogen) atoms. The molecule has 184 valence electrons. The number of aromatic nitrogens is 1. The van der Waals surface area contributed by atoms with Gasteiger partial charge in [0.15, 0.2) is 0 Å². The Balaban J connectivity index is 1.24. The summed E-state index contributed by atoms with van der Waals surface area (Å²) in [4.78, 5) is 27.5. The highest BCUT2D eigenvalue weighted by atomic mass is 16.5. The van der Waals surface area contributed by atoms with E-state index in [9.17, 15) is 9.59 Å². The molecule has 0 N–H and O–H groups in total. The fraction of sp³-hybridized carbons (Fsp3) is 0.125. The zero-order valence-corrected chi connectivity index (χ0v) is 20.5. The van der Waals surface area contributed by atoms with Crippen LogP contribution in [0, 0.1) is 0 Å². The highest BCUT2D eigenvalue weighted by Crippen LogP contribution is 2.26. The van der Waals surface area contributed by atoms with Crippen LogP contribution >= 0.6 is 0 Å². The number of benzene rings is 4. The van der Waals surface area contributed by atoms with Crippen molar-refractivity contribution in [3.63, 3.8) is 0 Å². The fourth-order valence-electron chi connectivity index (χ4n) is 4.42. The number of fused-ring (bicyclic) bond motifs is 1. The standard InChI is InChI=1S/C32H28N2O3/c35-31-21-18-26-23-29(19-20-30(26)33(31)24-25-11-4-1-5-12-25)37-22-10-17-32(36)34(27-13-6-2-7-14-27)28-15-8-3-9-16-28/h1-9,11-16,18-21,23H,10,17,22,24H2. The molecule has 0 saturated carbocycles. The molecule has 0 aliphatic rings. The van der Waals surface area contributed by atoms with Crippen LogP contribution in [0.15, 0.2) is 126 Å². The van der Waals surface area contributed by atoms with Crippen molar-refractivity contribution in [1.82, 2.24) is 4.57 Å². The lowest BCUT2D eigenvalue weighted by molar-refractivity contribution is -0.118. The maximum absolute atomic E-state index is 13.2. The van der Waals surface area contributed by atoms with Crippen LogP contribution in [-0.2, 0) is 11.3 Å². The van der Waals surface area contributed by atoms with Gasteiger partial charge >= 0.3 is 0 Å². The van der Waals surface area contributed by atoms with Gasteiger partial charge in [0.1, 0.15) is 5.75 Å². The molecule has 0 radical (unpaired) electrons. The smallest absolute Gasteiger partial charge is 0.251 e. The van der Waals surface area contributed by atoms with Gasteiger partial charge in [-0.3, -0.25) is 14.5 Å². The van der Waals surface area contributed by atoms with Gasteiger partial charge in [0.25, 0.3) is 5.56 Å². The van der Waals surface area contributed by atoms with Gasteiger partial charge in [-0.15, -0.1) is 0 Å². The van der Waals surface area contributed by atoms with Crippen LogP contribution in [-0.4, -0.2) is 17.1 Å². The Morgan fingerprint density at radius 1 is 0.730 bits per heavy atom. The SMILES string of the molecule is O=C(CCCOc1ccc2c(ccc(=O)n2Cc2ccccc2)c1)N(c1ccccc1)c1ccccc1. The normalized spacial score (nSPS) is 10.8. The number of carbonyl (C=O) groups excluding carboxylic acids is 1. The maximum atomic E-state index is 13.2. The van der Waals surface area contributed by atoms with Crippen molar-refractivity contribution in [3.8, 4) is 5.75 Å². The van der Waals surface area contributed by atoms with Crippen LogP contribution in [0.25, 0.3) is 10.9 Å². The lowest BCUT2D eigenvalue weighted by Gasteiger charge is -2.23. The van der Waals surface area contributed by atoms with Crippen molar-refractivity contribution in [2.75, 3.05) is 11.5 Å². The summed E-state index contributed by atoms with van der Waals surface area (Å²) in [5.74, 6) is 0.734.